The largest absolute Gasteiger partial charge is 0.324 e. The highest BCUT2D eigenvalue weighted by molar-refractivity contribution is 4.99. The lowest BCUT2D eigenvalue weighted by Crippen LogP contribution is -2.23. The van der Waals surface area contributed by atoms with Crippen molar-refractivity contribution in [1.82, 2.24) is 5.32 Å². The molecule has 0 heterocycles. The fourth-order valence-electron chi connectivity index (χ4n) is 0.870. The molecule has 0 saturated heterocycles. The lowest BCUT2D eigenvalue weighted by Gasteiger charge is -2.10. The van der Waals surface area contributed by atoms with E-state index in [1.807, 2.05) is 6.92 Å². The Balaban J connectivity index is 3.17. The van der Waals surface area contributed by atoms with E-state index in [0.717, 1.165) is 31.5 Å². The SMILES string of the molecule is C=C(C)C(N)CCCNCC. The van der Waals surface area contributed by atoms with Gasteiger partial charge < -0.3 is 11.1 Å². The van der Waals surface area contributed by atoms with E-state index in [9.17, 15) is 0 Å². The van der Waals surface area contributed by atoms with Crippen molar-refractivity contribution in [3.63, 3.8) is 0 Å². The molecular weight excluding hydrogens is 136 g/mol. The quantitative estimate of drug-likeness (QED) is 0.449. The number of nitrogens with one attached hydrogen (secondary N) is 1. The Labute approximate surface area is 69.9 Å². The molecule has 0 aromatic rings. The molecule has 2 nitrogen and oxygen atoms in total. The first kappa shape index (κ1) is 10.7. The summed E-state index contributed by atoms with van der Waals surface area (Å²) in [6.45, 7) is 10.0. The third kappa shape index (κ3) is 6.07. The molecule has 66 valence electrons. The van der Waals surface area contributed by atoms with Crippen LogP contribution >= 0.6 is 0 Å². The summed E-state index contributed by atoms with van der Waals surface area (Å²) in [5.41, 5.74) is 6.86. The van der Waals surface area contributed by atoms with Crippen LogP contribution in [0.1, 0.15) is 26.7 Å². The number of hydrogen-bond donors (Lipinski definition) is 2. The molecule has 2 heteroatoms. The molecule has 0 fully saturated rings. The van der Waals surface area contributed by atoms with Crippen LogP contribution in [-0.2, 0) is 0 Å². The predicted molar refractivity (Wildman–Crippen MR) is 50.6 cm³/mol. The van der Waals surface area contributed by atoms with Gasteiger partial charge in [0.2, 0.25) is 0 Å². The second-order valence-corrected chi connectivity index (χ2v) is 2.95. The molecular formula is C9H20N2. The maximum absolute atomic E-state index is 5.77. The van der Waals surface area contributed by atoms with Gasteiger partial charge in [0, 0.05) is 6.04 Å². The van der Waals surface area contributed by atoms with E-state index in [0.29, 0.717) is 0 Å². The monoisotopic (exact) mass is 156 g/mol. The summed E-state index contributed by atoms with van der Waals surface area (Å²) in [7, 11) is 0. The first-order valence-electron chi connectivity index (χ1n) is 4.30. The second kappa shape index (κ2) is 6.38. The molecule has 11 heavy (non-hydrogen) atoms. The van der Waals surface area contributed by atoms with Gasteiger partial charge >= 0.3 is 0 Å². The van der Waals surface area contributed by atoms with E-state index >= 15 is 0 Å². The molecule has 0 aliphatic carbocycles. The fraction of sp³-hybridized carbons (Fsp3) is 0.778. The molecule has 0 aliphatic heterocycles. The zero-order valence-electron chi connectivity index (χ0n) is 7.69. The minimum absolute atomic E-state index is 0.189. The third-order valence-electron chi connectivity index (χ3n) is 1.75. The summed E-state index contributed by atoms with van der Waals surface area (Å²) in [6.07, 6.45) is 2.18. The number of rotatable bonds is 6. The normalized spacial score (nSPS) is 13.0. The minimum atomic E-state index is 0.189. The van der Waals surface area contributed by atoms with Gasteiger partial charge in [-0.3, -0.25) is 0 Å². The molecule has 0 bridgehead atoms. The van der Waals surface area contributed by atoms with Crippen molar-refractivity contribution in [3.05, 3.63) is 12.2 Å². The van der Waals surface area contributed by atoms with E-state index in [2.05, 4.69) is 18.8 Å². The van der Waals surface area contributed by atoms with Crippen molar-refractivity contribution in [2.45, 2.75) is 32.7 Å². The summed E-state index contributed by atoms with van der Waals surface area (Å²) < 4.78 is 0. The molecule has 0 aromatic carbocycles. The first-order valence-corrected chi connectivity index (χ1v) is 4.30. The lowest BCUT2D eigenvalue weighted by molar-refractivity contribution is 0.597. The number of nitrogens with two attached hydrogens (primary N) is 1. The summed E-state index contributed by atoms with van der Waals surface area (Å²) in [6, 6.07) is 0.189. The van der Waals surface area contributed by atoms with Crippen molar-refractivity contribution in [1.29, 1.82) is 0 Å². The molecule has 0 rings (SSSR count). The van der Waals surface area contributed by atoms with Crippen molar-refractivity contribution in [3.8, 4) is 0 Å². The Hall–Kier alpha value is -0.340. The molecule has 0 aromatic heterocycles. The van der Waals surface area contributed by atoms with Crippen molar-refractivity contribution >= 4 is 0 Å². The van der Waals surface area contributed by atoms with Crippen LogP contribution in [0.3, 0.4) is 0 Å². The van der Waals surface area contributed by atoms with Crippen molar-refractivity contribution in [2.75, 3.05) is 13.1 Å². The maximum atomic E-state index is 5.77. The standard InChI is InChI=1S/C9H20N2/c1-4-11-7-5-6-9(10)8(2)3/h9,11H,2,4-7,10H2,1,3H3. The summed E-state index contributed by atoms with van der Waals surface area (Å²) in [4.78, 5) is 0. The van der Waals surface area contributed by atoms with Crippen LogP contribution in [0.2, 0.25) is 0 Å². The van der Waals surface area contributed by atoms with Crippen molar-refractivity contribution < 1.29 is 0 Å². The smallest absolute Gasteiger partial charge is 0.0248 e. The molecule has 0 amide bonds. The van der Waals surface area contributed by atoms with Gasteiger partial charge in [-0.2, -0.15) is 0 Å². The number of hydrogen-bond acceptors (Lipinski definition) is 2. The topological polar surface area (TPSA) is 38.0 Å². The molecule has 0 spiro atoms. The van der Waals surface area contributed by atoms with Gasteiger partial charge in [-0.25, -0.2) is 0 Å². The Bertz CT molecular complexity index is 110. The van der Waals surface area contributed by atoms with Crippen LogP contribution in [0.4, 0.5) is 0 Å². The molecule has 0 aliphatic rings. The van der Waals surface area contributed by atoms with Crippen LogP contribution in [0.25, 0.3) is 0 Å². The van der Waals surface area contributed by atoms with Crippen LogP contribution < -0.4 is 11.1 Å². The highest BCUT2D eigenvalue weighted by Crippen LogP contribution is 2.01. The molecule has 1 atom stereocenters. The van der Waals surface area contributed by atoms with Crippen LogP contribution in [0.5, 0.6) is 0 Å². The van der Waals surface area contributed by atoms with Gasteiger partial charge in [-0.1, -0.05) is 19.1 Å². The maximum Gasteiger partial charge on any atom is 0.0248 e. The summed E-state index contributed by atoms with van der Waals surface area (Å²) in [5, 5.41) is 3.26. The Morgan fingerprint density at radius 2 is 2.27 bits per heavy atom. The van der Waals surface area contributed by atoms with E-state index in [-0.39, 0.29) is 6.04 Å². The Morgan fingerprint density at radius 1 is 1.64 bits per heavy atom. The molecule has 1 unspecified atom stereocenters. The zero-order chi connectivity index (χ0) is 8.69. The third-order valence-corrected chi connectivity index (χ3v) is 1.75. The Kier molecular flexibility index (Phi) is 6.18. The molecule has 0 radical (unpaired) electrons. The summed E-state index contributed by atoms with van der Waals surface area (Å²) >= 11 is 0. The molecule has 3 N–H and O–H groups in total. The second-order valence-electron chi connectivity index (χ2n) is 2.95. The van der Waals surface area contributed by atoms with Crippen LogP contribution in [-0.4, -0.2) is 19.1 Å². The fourth-order valence-corrected chi connectivity index (χ4v) is 0.870. The minimum Gasteiger partial charge on any atom is -0.324 e. The first-order chi connectivity index (χ1) is 5.18. The van der Waals surface area contributed by atoms with E-state index in [1.54, 1.807) is 0 Å². The van der Waals surface area contributed by atoms with Crippen molar-refractivity contribution in [2.24, 2.45) is 5.73 Å². The highest BCUT2D eigenvalue weighted by atomic mass is 14.8. The summed E-state index contributed by atoms with van der Waals surface area (Å²) in [5.74, 6) is 0. The predicted octanol–water partition coefficient (Wildman–Crippen LogP) is 1.28. The van der Waals surface area contributed by atoms with Crippen LogP contribution in [0.15, 0.2) is 12.2 Å². The van der Waals surface area contributed by atoms with Gasteiger partial charge in [0.05, 0.1) is 0 Å². The van der Waals surface area contributed by atoms with Gasteiger partial charge in [0.15, 0.2) is 0 Å². The van der Waals surface area contributed by atoms with E-state index in [4.69, 9.17) is 5.73 Å². The highest BCUT2D eigenvalue weighted by Gasteiger charge is 2.00. The van der Waals surface area contributed by atoms with Gasteiger partial charge in [-0.15, -0.1) is 0 Å². The Morgan fingerprint density at radius 3 is 2.73 bits per heavy atom. The van der Waals surface area contributed by atoms with Gasteiger partial charge in [0.1, 0.15) is 0 Å². The average molecular weight is 156 g/mol. The zero-order valence-corrected chi connectivity index (χ0v) is 7.69. The van der Waals surface area contributed by atoms with E-state index in [1.165, 1.54) is 0 Å². The van der Waals surface area contributed by atoms with E-state index < -0.39 is 0 Å². The van der Waals surface area contributed by atoms with Gasteiger partial charge in [0.25, 0.3) is 0 Å². The average Bonchev–Trinajstić information content (AvgIpc) is 1.97. The molecule has 0 saturated carbocycles. The van der Waals surface area contributed by atoms with Gasteiger partial charge in [-0.05, 0) is 32.9 Å². The van der Waals surface area contributed by atoms with Crippen LogP contribution in [0, 0.1) is 0 Å². The lowest BCUT2D eigenvalue weighted by atomic mass is 10.1.